The highest BCUT2D eigenvalue weighted by Crippen LogP contribution is 2.29. The fourth-order valence-corrected chi connectivity index (χ4v) is 1.50. The van der Waals surface area contributed by atoms with Crippen molar-refractivity contribution in [1.29, 1.82) is 0 Å². The minimum atomic E-state index is 0.486. The molecule has 2 N–H and O–H groups in total. The lowest BCUT2D eigenvalue weighted by molar-refractivity contribution is 0.415. The van der Waals surface area contributed by atoms with E-state index in [1.807, 2.05) is 0 Å². The number of nitrogen functional groups attached to an aromatic ring is 1. The summed E-state index contributed by atoms with van der Waals surface area (Å²) in [5.74, 6) is 1.24. The Hall–Kier alpha value is -1.82. The summed E-state index contributed by atoms with van der Waals surface area (Å²) >= 11 is 1.18. The predicted octanol–water partition coefficient (Wildman–Crippen LogP) is 1.92. The van der Waals surface area contributed by atoms with Gasteiger partial charge in [0.2, 0.25) is 0 Å². The molecule has 0 bridgehead atoms. The second-order valence-electron chi connectivity index (χ2n) is 2.71. The summed E-state index contributed by atoms with van der Waals surface area (Å²) in [7, 11) is 1.57. The van der Waals surface area contributed by atoms with Crippen LogP contribution in [0.4, 0.5) is 5.69 Å². The van der Waals surface area contributed by atoms with Crippen LogP contribution < -0.4 is 15.2 Å². The van der Waals surface area contributed by atoms with Crippen molar-refractivity contribution in [2.24, 2.45) is 0 Å². The van der Waals surface area contributed by atoms with E-state index in [9.17, 15) is 0 Å². The normalized spacial score (nSPS) is 9.93. The molecule has 78 valence electrons. The van der Waals surface area contributed by atoms with E-state index in [0.717, 1.165) is 0 Å². The second kappa shape index (κ2) is 4.14. The van der Waals surface area contributed by atoms with E-state index in [1.54, 1.807) is 25.3 Å². The van der Waals surface area contributed by atoms with Gasteiger partial charge in [-0.1, -0.05) is 0 Å². The summed E-state index contributed by atoms with van der Waals surface area (Å²) in [5, 5.41) is 0.486. The molecule has 0 atom stereocenters. The van der Waals surface area contributed by atoms with Gasteiger partial charge in [0.25, 0.3) is 5.19 Å². The first kappa shape index (κ1) is 9.72. The minimum absolute atomic E-state index is 0.486. The maximum absolute atomic E-state index is 5.72. The zero-order chi connectivity index (χ0) is 10.7. The molecule has 1 aromatic carbocycles. The number of methoxy groups -OCH3 is 1. The van der Waals surface area contributed by atoms with Crippen molar-refractivity contribution >= 4 is 17.2 Å². The smallest absolute Gasteiger partial charge is 0.298 e. The number of rotatable bonds is 3. The van der Waals surface area contributed by atoms with E-state index >= 15 is 0 Å². The molecule has 15 heavy (non-hydrogen) atoms. The molecule has 0 aliphatic carbocycles. The van der Waals surface area contributed by atoms with E-state index in [-0.39, 0.29) is 0 Å². The number of hydrogen-bond acceptors (Lipinski definition) is 6. The monoisotopic (exact) mass is 223 g/mol. The number of aromatic nitrogens is 2. The highest BCUT2D eigenvalue weighted by molar-refractivity contribution is 7.07. The zero-order valence-corrected chi connectivity index (χ0v) is 8.82. The summed E-state index contributed by atoms with van der Waals surface area (Å²) in [4.78, 5) is 3.90. The lowest BCUT2D eigenvalue weighted by Crippen LogP contribution is -1.92. The van der Waals surface area contributed by atoms with E-state index in [2.05, 4.69) is 9.36 Å². The SMILES string of the molecule is COc1ccc(Oc2ncns2)cc1N. The summed E-state index contributed by atoms with van der Waals surface area (Å²) in [6.07, 6.45) is 1.44. The Kier molecular flexibility index (Phi) is 2.68. The lowest BCUT2D eigenvalue weighted by Gasteiger charge is -2.06. The molecule has 5 nitrogen and oxygen atoms in total. The first-order valence-electron chi connectivity index (χ1n) is 4.17. The first-order valence-corrected chi connectivity index (χ1v) is 4.95. The molecular weight excluding hydrogens is 214 g/mol. The Bertz CT molecular complexity index is 445. The summed E-state index contributed by atoms with van der Waals surface area (Å²) in [6.45, 7) is 0. The molecule has 2 aromatic rings. The Morgan fingerprint density at radius 2 is 2.27 bits per heavy atom. The Morgan fingerprint density at radius 3 is 2.87 bits per heavy atom. The molecule has 0 amide bonds. The van der Waals surface area contributed by atoms with Crippen LogP contribution >= 0.6 is 11.5 Å². The van der Waals surface area contributed by atoms with Crippen LogP contribution in [0.15, 0.2) is 24.5 Å². The van der Waals surface area contributed by atoms with E-state index in [1.165, 1.54) is 17.9 Å². The standard InChI is InChI=1S/C9H9N3O2S/c1-13-8-3-2-6(4-7(8)10)14-9-11-5-12-15-9/h2-5H,10H2,1H3. The van der Waals surface area contributed by atoms with Gasteiger partial charge in [0.1, 0.15) is 17.8 Å². The number of hydrogen-bond donors (Lipinski definition) is 1. The molecule has 6 heteroatoms. The molecule has 0 radical (unpaired) electrons. The van der Waals surface area contributed by atoms with E-state index in [0.29, 0.717) is 22.4 Å². The molecule has 0 saturated carbocycles. The number of ether oxygens (including phenoxy) is 2. The van der Waals surface area contributed by atoms with Crippen molar-refractivity contribution in [1.82, 2.24) is 9.36 Å². The quantitative estimate of drug-likeness (QED) is 0.805. The highest BCUT2D eigenvalue weighted by atomic mass is 32.1. The second-order valence-corrected chi connectivity index (χ2v) is 3.46. The topological polar surface area (TPSA) is 70.3 Å². The molecule has 0 fully saturated rings. The Balaban J connectivity index is 2.20. The number of anilines is 1. The van der Waals surface area contributed by atoms with Crippen molar-refractivity contribution in [2.75, 3.05) is 12.8 Å². The van der Waals surface area contributed by atoms with Crippen LogP contribution in [0.25, 0.3) is 0 Å². The summed E-state index contributed by atoms with van der Waals surface area (Å²) < 4.78 is 14.3. The van der Waals surface area contributed by atoms with Gasteiger partial charge in [-0.2, -0.15) is 9.36 Å². The lowest BCUT2D eigenvalue weighted by atomic mass is 10.3. The van der Waals surface area contributed by atoms with Crippen LogP contribution in [0.1, 0.15) is 0 Å². The summed E-state index contributed by atoms with van der Waals surface area (Å²) in [6, 6.07) is 5.18. The third-order valence-electron chi connectivity index (χ3n) is 1.75. The molecule has 0 aliphatic heterocycles. The van der Waals surface area contributed by atoms with Gasteiger partial charge < -0.3 is 15.2 Å². The summed E-state index contributed by atoms with van der Waals surface area (Å²) in [5.41, 5.74) is 6.25. The van der Waals surface area contributed by atoms with Gasteiger partial charge in [0.15, 0.2) is 0 Å². The van der Waals surface area contributed by atoms with Crippen LogP contribution in [0.5, 0.6) is 16.7 Å². The molecular formula is C9H9N3O2S. The number of nitrogens with zero attached hydrogens (tertiary/aromatic N) is 2. The van der Waals surface area contributed by atoms with E-state index in [4.69, 9.17) is 15.2 Å². The Labute approximate surface area is 90.6 Å². The van der Waals surface area contributed by atoms with Crippen molar-refractivity contribution in [3.63, 3.8) is 0 Å². The fraction of sp³-hybridized carbons (Fsp3) is 0.111. The van der Waals surface area contributed by atoms with Gasteiger partial charge in [-0.3, -0.25) is 0 Å². The Morgan fingerprint density at radius 1 is 1.40 bits per heavy atom. The van der Waals surface area contributed by atoms with Gasteiger partial charge in [0, 0.05) is 17.6 Å². The van der Waals surface area contributed by atoms with Gasteiger partial charge in [-0.05, 0) is 12.1 Å². The van der Waals surface area contributed by atoms with Crippen LogP contribution in [0, 0.1) is 0 Å². The number of nitrogens with two attached hydrogens (primary N) is 1. The largest absolute Gasteiger partial charge is 0.495 e. The van der Waals surface area contributed by atoms with Crippen molar-refractivity contribution in [2.45, 2.75) is 0 Å². The van der Waals surface area contributed by atoms with Crippen molar-refractivity contribution in [3.8, 4) is 16.7 Å². The van der Waals surface area contributed by atoms with Crippen molar-refractivity contribution < 1.29 is 9.47 Å². The third kappa shape index (κ3) is 2.16. The van der Waals surface area contributed by atoms with Gasteiger partial charge >= 0.3 is 0 Å². The van der Waals surface area contributed by atoms with E-state index < -0.39 is 0 Å². The van der Waals surface area contributed by atoms with Crippen LogP contribution in [0.2, 0.25) is 0 Å². The predicted molar refractivity (Wildman–Crippen MR) is 57.4 cm³/mol. The average molecular weight is 223 g/mol. The molecule has 0 saturated heterocycles. The van der Waals surface area contributed by atoms with Crippen LogP contribution in [-0.4, -0.2) is 16.5 Å². The van der Waals surface area contributed by atoms with Crippen LogP contribution in [0.3, 0.4) is 0 Å². The maximum Gasteiger partial charge on any atom is 0.298 e. The highest BCUT2D eigenvalue weighted by Gasteiger charge is 2.04. The average Bonchev–Trinajstić information content (AvgIpc) is 2.71. The third-order valence-corrected chi connectivity index (χ3v) is 2.29. The van der Waals surface area contributed by atoms with Gasteiger partial charge in [-0.25, -0.2) is 0 Å². The molecule has 0 spiro atoms. The first-order chi connectivity index (χ1) is 7.29. The fourth-order valence-electron chi connectivity index (χ4n) is 1.08. The molecule has 2 rings (SSSR count). The molecule has 1 aromatic heterocycles. The zero-order valence-electron chi connectivity index (χ0n) is 8.01. The van der Waals surface area contributed by atoms with Crippen LogP contribution in [-0.2, 0) is 0 Å². The van der Waals surface area contributed by atoms with Crippen molar-refractivity contribution in [3.05, 3.63) is 24.5 Å². The van der Waals surface area contributed by atoms with Gasteiger partial charge in [-0.15, -0.1) is 0 Å². The van der Waals surface area contributed by atoms with Gasteiger partial charge in [0.05, 0.1) is 12.8 Å². The minimum Gasteiger partial charge on any atom is -0.495 e. The molecule has 1 heterocycles. The molecule has 0 aliphatic rings. The molecule has 0 unspecified atom stereocenters. The number of benzene rings is 1. The maximum atomic E-state index is 5.72.